The Morgan fingerprint density at radius 2 is 2.27 bits per heavy atom. The highest BCUT2D eigenvalue weighted by molar-refractivity contribution is 5.19. The molecule has 1 aliphatic heterocycles. The Balaban J connectivity index is 2.11. The molecule has 2 atom stereocenters. The van der Waals surface area contributed by atoms with Gasteiger partial charge in [-0.05, 0) is 52.5 Å². The summed E-state index contributed by atoms with van der Waals surface area (Å²) in [5.41, 5.74) is 1.62. The van der Waals surface area contributed by atoms with Gasteiger partial charge in [0.2, 0.25) is 0 Å². The van der Waals surface area contributed by atoms with Crippen LogP contribution in [-0.2, 0) is 4.74 Å². The predicted octanol–water partition coefficient (Wildman–Crippen LogP) is 2.64. The zero-order chi connectivity index (χ0) is 10.7. The van der Waals surface area contributed by atoms with E-state index in [1.54, 1.807) is 5.57 Å². The molecule has 1 heterocycles. The number of nitrogens with one attached hydrogen (secondary N) is 1. The van der Waals surface area contributed by atoms with E-state index < -0.39 is 0 Å². The Morgan fingerprint density at radius 3 is 2.80 bits per heavy atom. The molecule has 86 valence electrons. The van der Waals surface area contributed by atoms with Crippen molar-refractivity contribution >= 4 is 0 Å². The van der Waals surface area contributed by atoms with Crippen LogP contribution in [0.1, 0.15) is 45.4 Å². The molecular formula is C13H23NO. The Labute approximate surface area is 93.1 Å². The summed E-state index contributed by atoms with van der Waals surface area (Å²) in [7, 11) is 2.06. The number of allylic oxidation sites excluding steroid dienone is 1. The van der Waals surface area contributed by atoms with Crippen LogP contribution >= 0.6 is 0 Å². The van der Waals surface area contributed by atoms with Crippen molar-refractivity contribution < 1.29 is 4.74 Å². The normalized spacial score (nSPS) is 33.9. The largest absolute Gasteiger partial charge is 0.373 e. The molecule has 2 nitrogen and oxygen atoms in total. The molecule has 0 saturated carbocycles. The lowest BCUT2D eigenvalue weighted by Gasteiger charge is -2.36. The fourth-order valence-electron chi connectivity index (χ4n) is 3.04. The van der Waals surface area contributed by atoms with Crippen molar-refractivity contribution in [2.45, 2.75) is 57.1 Å². The van der Waals surface area contributed by atoms with Gasteiger partial charge in [-0.3, -0.25) is 0 Å². The lowest BCUT2D eigenvalue weighted by atomic mass is 9.83. The number of hydrogen-bond acceptors (Lipinski definition) is 2. The summed E-state index contributed by atoms with van der Waals surface area (Å²) in [6.07, 6.45) is 10.0. The molecule has 2 rings (SSSR count). The van der Waals surface area contributed by atoms with Gasteiger partial charge in [-0.15, -0.1) is 0 Å². The van der Waals surface area contributed by atoms with Crippen molar-refractivity contribution in [2.75, 3.05) is 13.7 Å². The van der Waals surface area contributed by atoms with E-state index in [1.807, 2.05) is 0 Å². The molecule has 0 spiro atoms. The maximum Gasteiger partial charge on any atom is 0.0845 e. The van der Waals surface area contributed by atoms with Crippen molar-refractivity contribution in [3.8, 4) is 0 Å². The summed E-state index contributed by atoms with van der Waals surface area (Å²) in [5.74, 6) is 0. The van der Waals surface area contributed by atoms with Crippen LogP contribution in [0.2, 0.25) is 0 Å². The second-order valence-electron chi connectivity index (χ2n) is 5.01. The fourth-order valence-corrected chi connectivity index (χ4v) is 3.04. The summed E-state index contributed by atoms with van der Waals surface area (Å²) in [6, 6.07) is 0.431. The van der Waals surface area contributed by atoms with Crippen molar-refractivity contribution in [2.24, 2.45) is 0 Å². The third-order valence-corrected chi connectivity index (χ3v) is 3.85. The van der Waals surface area contributed by atoms with E-state index in [4.69, 9.17) is 4.74 Å². The van der Waals surface area contributed by atoms with Crippen LogP contribution in [0.15, 0.2) is 11.6 Å². The molecule has 0 radical (unpaired) electrons. The van der Waals surface area contributed by atoms with Crippen LogP contribution in [0.25, 0.3) is 0 Å². The SMILES string of the molecule is CNC(C1=CCCCC1)C1(C)CCCO1. The summed E-state index contributed by atoms with van der Waals surface area (Å²) in [5, 5.41) is 3.46. The first-order valence-electron chi connectivity index (χ1n) is 6.26. The van der Waals surface area contributed by atoms with E-state index in [-0.39, 0.29) is 5.60 Å². The standard InChI is InChI=1S/C13H23NO/c1-13(9-6-10-15-13)12(14-2)11-7-4-3-5-8-11/h7,12,14H,3-6,8-10H2,1-2H3. The van der Waals surface area contributed by atoms with Gasteiger partial charge >= 0.3 is 0 Å². The van der Waals surface area contributed by atoms with Crippen molar-refractivity contribution in [1.29, 1.82) is 0 Å². The molecule has 15 heavy (non-hydrogen) atoms. The maximum atomic E-state index is 5.94. The molecule has 0 amide bonds. The first-order valence-corrected chi connectivity index (χ1v) is 6.26. The number of ether oxygens (including phenoxy) is 1. The molecule has 0 bridgehead atoms. The molecule has 0 aromatic heterocycles. The quantitative estimate of drug-likeness (QED) is 0.721. The molecular weight excluding hydrogens is 186 g/mol. The highest BCUT2D eigenvalue weighted by atomic mass is 16.5. The first kappa shape index (κ1) is 11.2. The van der Waals surface area contributed by atoms with E-state index in [0.29, 0.717) is 6.04 Å². The third-order valence-electron chi connectivity index (χ3n) is 3.85. The minimum Gasteiger partial charge on any atom is -0.373 e. The van der Waals surface area contributed by atoms with Gasteiger partial charge in [0.05, 0.1) is 11.6 Å². The van der Waals surface area contributed by atoms with E-state index in [0.717, 1.165) is 6.61 Å². The van der Waals surface area contributed by atoms with Gasteiger partial charge in [0.1, 0.15) is 0 Å². The van der Waals surface area contributed by atoms with Gasteiger partial charge in [0, 0.05) is 6.61 Å². The first-order chi connectivity index (χ1) is 7.26. The monoisotopic (exact) mass is 209 g/mol. The highest BCUT2D eigenvalue weighted by Gasteiger charge is 2.39. The van der Waals surface area contributed by atoms with Crippen LogP contribution in [0.4, 0.5) is 0 Å². The van der Waals surface area contributed by atoms with Gasteiger partial charge in [0.15, 0.2) is 0 Å². The predicted molar refractivity (Wildman–Crippen MR) is 63.0 cm³/mol. The molecule has 2 aliphatic rings. The van der Waals surface area contributed by atoms with E-state index >= 15 is 0 Å². The lowest BCUT2D eigenvalue weighted by molar-refractivity contribution is -0.000960. The molecule has 2 heteroatoms. The minimum absolute atomic E-state index is 0.0396. The van der Waals surface area contributed by atoms with Gasteiger partial charge in [-0.25, -0.2) is 0 Å². The van der Waals surface area contributed by atoms with E-state index in [1.165, 1.54) is 38.5 Å². The van der Waals surface area contributed by atoms with Crippen LogP contribution in [0.5, 0.6) is 0 Å². The molecule has 1 aliphatic carbocycles. The molecule has 1 saturated heterocycles. The molecule has 0 aromatic rings. The van der Waals surface area contributed by atoms with Gasteiger partial charge in [-0.2, -0.15) is 0 Å². The molecule has 2 unspecified atom stereocenters. The average Bonchev–Trinajstić information content (AvgIpc) is 2.68. The zero-order valence-electron chi connectivity index (χ0n) is 10.0. The summed E-state index contributed by atoms with van der Waals surface area (Å²) >= 11 is 0. The van der Waals surface area contributed by atoms with E-state index in [9.17, 15) is 0 Å². The maximum absolute atomic E-state index is 5.94. The Bertz CT molecular complexity index is 241. The van der Waals surface area contributed by atoms with Crippen LogP contribution in [-0.4, -0.2) is 25.3 Å². The minimum atomic E-state index is 0.0396. The molecule has 1 fully saturated rings. The van der Waals surface area contributed by atoms with Crippen molar-refractivity contribution in [1.82, 2.24) is 5.32 Å². The topological polar surface area (TPSA) is 21.3 Å². The Kier molecular flexibility index (Phi) is 3.47. The van der Waals surface area contributed by atoms with Crippen LogP contribution < -0.4 is 5.32 Å². The average molecular weight is 209 g/mol. The highest BCUT2D eigenvalue weighted by Crippen LogP contribution is 2.34. The van der Waals surface area contributed by atoms with Crippen molar-refractivity contribution in [3.63, 3.8) is 0 Å². The van der Waals surface area contributed by atoms with Gasteiger partial charge in [0.25, 0.3) is 0 Å². The fraction of sp³-hybridized carbons (Fsp3) is 0.846. The summed E-state index contributed by atoms with van der Waals surface area (Å²) in [4.78, 5) is 0. The van der Waals surface area contributed by atoms with Gasteiger partial charge < -0.3 is 10.1 Å². The summed E-state index contributed by atoms with van der Waals surface area (Å²) in [6.45, 7) is 3.19. The number of hydrogen-bond donors (Lipinski definition) is 1. The number of likely N-dealkylation sites (N-methyl/N-ethyl adjacent to an activating group) is 1. The molecule has 0 aromatic carbocycles. The lowest BCUT2D eigenvalue weighted by Crippen LogP contribution is -2.48. The third kappa shape index (κ3) is 2.26. The summed E-state index contributed by atoms with van der Waals surface area (Å²) < 4.78 is 5.94. The second kappa shape index (κ2) is 4.67. The Hall–Kier alpha value is -0.340. The zero-order valence-corrected chi connectivity index (χ0v) is 10.0. The van der Waals surface area contributed by atoms with Gasteiger partial charge in [-0.1, -0.05) is 11.6 Å². The van der Waals surface area contributed by atoms with Crippen LogP contribution in [0, 0.1) is 0 Å². The smallest absolute Gasteiger partial charge is 0.0845 e. The Morgan fingerprint density at radius 1 is 1.40 bits per heavy atom. The number of rotatable bonds is 3. The van der Waals surface area contributed by atoms with E-state index in [2.05, 4.69) is 25.4 Å². The van der Waals surface area contributed by atoms with Crippen molar-refractivity contribution in [3.05, 3.63) is 11.6 Å². The second-order valence-corrected chi connectivity index (χ2v) is 5.01. The van der Waals surface area contributed by atoms with Crippen LogP contribution in [0.3, 0.4) is 0 Å². The molecule has 1 N–H and O–H groups in total.